The van der Waals surface area contributed by atoms with E-state index in [0.717, 1.165) is 27.2 Å². The highest BCUT2D eigenvalue weighted by molar-refractivity contribution is 6.04. The van der Waals surface area contributed by atoms with Crippen molar-refractivity contribution in [3.05, 3.63) is 78.0 Å². The molecule has 0 aliphatic heterocycles. The van der Waals surface area contributed by atoms with Gasteiger partial charge in [0.15, 0.2) is 5.69 Å². The minimum absolute atomic E-state index is 0.0961. The Morgan fingerprint density at radius 2 is 1.68 bits per heavy atom. The normalized spacial score (nSPS) is 10.9. The minimum atomic E-state index is -0.361. The summed E-state index contributed by atoms with van der Waals surface area (Å²) in [5.74, 6) is -0.681. The van der Waals surface area contributed by atoms with E-state index in [-0.39, 0.29) is 31.4 Å². The first-order valence-electron chi connectivity index (χ1n) is 9.06. The molecule has 6 heteroatoms. The molecule has 0 atom stereocenters. The zero-order chi connectivity index (χ0) is 19.3. The number of esters is 1. The highest BCUT2D eigenvalue weighted by atomic mass is 16.5. The van der Waals surface area contributed by atoms with Crippen molar-refractivity contribution in [2.24, 2.45) is 0 Å². The predicted molar refractivity (Wildman–Crippen MR) is 107 cm³/mol. The molecule has 6 nitrogen and oxygen atoms in total. The van der Waals surface area contributed by atoms with Gasteiger partial charge in [0.05, 0.1) is 11.9 Å². The van der Waals surface area contributed by atoms with E-state index in [1.165, 1.54) is 0 Å². The van der Waals surface area contributed by atoms with Crippen LogP contribution in [0.25, 0.3) is 21.7 Å². The summed E-state index contributed by atoms with van der Waals surface area (Å²) < 4.78 is 5.37. The van der Waals surface area contributed by atoms with Gasteiger partial charge in [0, 0.05) is 11.9 Å². The van der Waals surface area contributed by atoms with Crippen LogP contribution in [0, 0.1) is 0 Å². The lowest BCUT2D eigenvalue weighted by molar-refractivity contribution is -0.144. The third kappa shape index (κ3) is 3.71. The van der Waals surface area contributed by atoms with Gasteiger partial charge in [-0.3, -0.25) is 14.7 Å². The fraction of sp³-hybridized carbons (Fsp3) is 0.136. The van der Waals surface area contributed by atoms with E-state index in [1.807, 2.05) is 66.7 Å². The number of hydrogen-bond acceptors (Lipinski definition) is 4. The largest absolute Gasteiger partial charge is 0.461 e. The van der Waals surface area contributed by atoms with Crippen LogP contribution in [0.1, 0.15) is 22.5 Å². The van der Waals surface area contributed by atoms with Gasteiger partial charge in [-0.15, -0.1) is 0 Å². The molecule has 0 saturated heterocycles. The number of rotatable bonds is 6. The first-order chi connectivity index (χ1) is 13.7. The van der Waals surface area contributed by atoms with E-state index >= 15 is 0 Å². The molecule has 28 heavy (non-hydrogen) atoms. The quantitative estimate of drug-likeness (QED) is 0.506. The van der Waals surface area contributed by atoms with E-state index in [0.29, 0.717) is 5.69 Å². The first kappa shape index (κ1) is 17.7. The molecule has 4 aromatic rings. The number of nitrogens with one attached hydrogen (secondary N) is 2. The van der Waals surface area contributed by atoms with Crippen molar-refractivity contribution < 1.29 is 14.3 Å². The highest BCUT2D eigenvalue weighted by Gasteiger charge is 2.14. The van der Waals surface area contributed by atoms with Gasteiger partial charge < -0.3 is 10.1 Å². The van der Waals surface area contributed by atoms with Crippen molar-refractivity contribution in [3.8, 4) is 0 Å². The van der Waals surface area contributed by atoms with Crippen LogP contribution in [-0.2, 0) is 16.1 Å². The summed E-state index contributed by atoms with van der Waals surface area (Å²) >= 11 is 0. The zero-order valence-corrected chi connectivity index (χ0v) is 15.1. The Kier molecular flexibility index (Phi) is 5.01. The first-order valence-corrected chi connectivity index (χ1v) is 9.06. The van der Waals surface area contributed by atoms with Gasteiger partial charge in [0.1, 0.15) is 6.61 Å². The summed E-state index contributed by atoms with van der Waals surface area (Å²) in [7, 11) is 0. The number of carbonyl (C=O) groups is 2. The van der Waals surface area contributed by atoms with E-state index in [9.17, 15) is 9.59 Å². The molecule has 3 aromatic carbocycles. The summed E-state index contributed by atoms with van der Waals surface area (Å²) in [4.78, 5) is 24.3. The Morgan fingerprint density at radius 3 is 2.57 bits per heavy atom. The van der Waals surface area contributed by atoms with Crippen molar-refractivity contribution in [1.29, 1.82) is 0 Å². The molecule has 0 fully saturated rings. The lowest BCUT2D eigenvalue weighted by Gasteiger charge is -2.08. The maximum absolute atomic E-state index is 12.3. The van der Waals surface area contributed by atoms with Gasteiger partial charge in [-0.05, 0) is 22.4 Å². The molecule has 2 N–H and O–H groups in total. The SMILES string of the molecule is O=C(CCNC(=O)c1n[nH]c2ccccc12)OCc1cccc2ccccc12. The fourth-order valence-electron chi connectivity index (χ4n) is 3.15. The summed E-state index contributed by atoms with van der Waals surface area (Å²) in [6.45, 7) is 0.395. The summed E-state index contributed by atoms with van der Waals surface area (Å²) in [6.07, 6.45) is 0.0961. The molecular formula is C22H19N3O3. The monoisotopic (exact) mass is 373 g/mol. The average molecular weight is 373 g/mol. The average Bonchev–Trinajstić information content (AvgIpc) is 3.16. The minimum Gasteiger partial charge on any atom is -0.461 e. The number of ether oxygens (including phenoxy) is 1. The number of nitrogens with zero attached hydrogens (tertiary/aromatic N) is 1. The number of aromatic nitrogens is 2. The van der Waals surface area contributed by atoms with E-state index < -0.39 is 0 Å². The van der Waals surface area contributed by atoms with Gasteiger partial charge in [-0.1, -0.05) is 60.7 Å². The third-order valence-corrected chi connectivity index (χ3v) is 4.57. The lowest BCUT2D eigenvalue weighted by Crippen LogP contribution is -2.27. The van der Waals surface area contributed by atoms with Crippen molar-refractivity contribution in [2.45, 2.75) is 13.0 Å². The molecule has 0 saturated carbocycles. The lowest BCUT2D eigenvalue weighted by atomic mass is 10.1. The smallest absolute Gasteiger partial charge is 0.307 e. The number of benzene rings is 3. The fourth-order valence-corrected chi connectivity index (χ4v) is 3.15. The maximum Gasteiger partial charge on any atom is 0.307 e. The molecule has 1 heterocycles. The van der Waals surface area contributed by atoms with Gasteiger partial charge in [-0.2, -0.15) is 5.10 Å². The molecule has 0 aliphatic rings. The number of aromatic amines is 1. The van der Waals surface area contributed by atoms with Crippen molar-refractivity contribution in [3.63, 3.8) is 0 Å². The van der Waals surface area contributed by atoms with Gasteiger partial charge in [0.25, 0.3) is 5.91 Å². The van der Waals surface area contributed by atoms with Crippen LogP contribution >= 0.6 is 0 Å². The molecule has 140 valence electrons. The molecule has 4 rings (SSSR count). The number of fused-ring (bicyclic) bond motifs is 2. The number of carbonyl (C=O) groups excluding carboxylic acids is 2. The Labute approximate surface area is 161 Å². The van der Waals surface area contributed by atoms with Crippen LogP contribution < -0.4 is 5.32 Å². The van der Waals surface area contributed by atoms with Gasteiger partial charge >= 0.3 is 5.97 Å². The zero-order valence-electron chi connectivity index (χ0n) is 15.1. The summed E-state index contributed by atoms with van der Waals surface area (Å²) in [5.41, 5.74) is 2.07. The van der Waals surface area contributed by atoms with Crippen LogP contribution in [0.2, 0.25) is 0 Å². The van der Waals surface area contributed by atoms with Crippen LogP contribution in [0.5, 0.6) is 0 Å². The van der Waals surface area contributed by atoms with Crippen molar-refractivity contribution in [1.82, 2.24) is 15.5 Å². The Morgan fingerprint density at radius 1 is 0.929 bits per heavy atom. The van der Waals surface area contributed by atoms with E-state index in [4.69, 9.17) is 4.74 Å². The molecule has 0 bridgehead atoms. The van der Waals surface area contributed by atoms with Gasteiger partial charge in [0.2, 0.25) is 0 Å². The summed E-state index contributed by atoms with van der Waals surface area (Å²) in [6, 6.07) is 21.3. The van der Waals surface area contributed by atoms with E-state index in [1.54, 1.807) is 0 Å². The Hall–Kier alpha value is -3.67. The standard InChI is InChI=1S/C22H19N3O3/c26-20(28-14-16-8-5-7-15-6-1-2-9-17(15)16)12-13-23-22(27)21-18-10-3-4-11-19(18)24-25-21/h1-11H,12-14H2,(H,23,27)(H,24,25). The van der Waals surface area contributed by atoms with Crippen LogP contribution in [-0.4, -0.2) is 28.6 Å². The molecule has 0 unspecified atom stereocenters. The van der Waals surface area contributed by atoms with Gasteiger partial charge in [-0.25, -0.2) is 0 Å². The van der Waals surface area contributed by atoms with Crippen molar-refractivity contribution in [2.75, 3.05) is 6.54 Å². The second-order valence-electron chi connectivity index (χ2n) is 6.42. The number of para-hydroxylation sites is 1. The molecule has 1 aromatic heterocycles. The Balaban J connectivity index is 1.29. The number of amides is 1. The second kappa shape index (κ2) is 7.92. The van der Waals surface area contributed by atoms with Crippen LogP contribution in [0.15, 0.2) is 66.7 Å². The van der Waals surface area contributed by atoms with Crippen LogP contribution in [0.4, 0.5) is 0 Å². The second-order valence-corrected chi connectivity index (χ2v) is 6.42. The predicted octanol–water partition coefficient (Wildman–Crippen LogP) is 3.58. The molecule has 0 aliphatic carbocycles. The Bertz CT molecular complexity index is 1140. The van der Waals surface area contributed by atoms with Crippen molar-refractivity contribution >= 4 is 33.6 Å². The highest BCUT2D eigenvalue weighted by Crippen LogP contribution is 2.19. The molecule has 0 radical (unpaired) electrons. The third-order valence-electron chi connectivity index (χ3n) is 4.57. The number of H-pyrrole nitrogens is 1. The van der Waals surface area contributed by atoms with E-state index in [2.05, 4.69) is 15.5 Å². The maximum atomic E-state index is 12.3. The molecular weight excluding hydrogens is 354 g/mol. The molecule has 0 spiro atoms. The molecule has 1 amide bonds. The summed E-state index contributed by atoms with van der Waals surface area (Å²) in [5, 5.41) is 12.5. The van der Waals surface area contributed by atoms with Crippen LogP contribution in [0.3, 0.4) is 0 Å². The number of hydrogen-bond donors (Lipinski definition) is 2. The topological polar surface area (TPSA) is 84.1 Å².